The van der Waals surface area contributed by atoms with Gasteiger partial charge < -0.3 is 10.6 Å². The van der Waals surface area contributed by atoms with Crippen LogP contribution in [0.3, 0.4) is 0 Å². The Labute approximate surface area is 141 Å². The van der Waals surface area contributed by atoms with Crippen molar-refractivity contribution in [2.24, 2.45) is 11.8 Å². The number of likely N-dealkylation sites (tertiary alicyclic amines) is 1. The molecule has 1 fully saturated rings. The molecule has 0 spiro atoms. The number of aromatic nitrogens is 1. The van der Waals surface area contributed by atoms with Crippen molar-refractivity contribution in [3.05, 3.63) is 22.7 Å². The molecule has 2 aromatic rings. The maximum absolute atomic E-state index is 12.8. The van der Waals surface area contributed by atoms with Crippen molar-refractivity contribution in [2.45, 2.75) is 40.0 Å². The maximum Gasteiger partial charge on any atom is 0.266 e. The van der Waals surface area contributed by atoms with Gasteiger partial charge in [0.25, 0.3) is 5.91 Å². The second-order valence-electron chi connectivity index (χ2n) is 7.10. The number of amides is 1. The van der Waals surface area contributed by atoms with E-state index in [2.05, 4.69) is 20.8 Å². The Morgan fingerprint density at radius 3 is 2.96 bits per heavy atom. The highest BCUT2D eigenvalue weighted by Gasteiger charge is 2.26. The highest BCUT2D eigenvalue weighted by Crippen LogP contribution is 2.34. The van der Waals surface area contributed by atoms with Crippen molar-refractivity contribution in [1.82, 2.24) is 9.88 Å². The predicted octanol–water partition coefficient (Wildman–Crippen LogP) is 3.95. The van der Waals surface area contributed by atoms with Gasteiger partial charge in [0.05, 0.1) is 5.69 Å². The topological polar surface area (TPSA) is 59.2 Å². The number of nitrogen functional groups attached to an aromatic ring is 1. The summed E-state index contributed by atoms with van der Waals surface area (Å²) in [5.74, 6) is 1.20. The minimum atomic E-state index is 0.0717. The second kappa shape index (κ2) is 6.48. The number of anilines is 1. The fraction of sp³-hybridized carbons (Fsp3) is 0.556. The third-order valence-electron chi connectivity index (χ3n) is 4.41. The number of nitrogens with zero attached hydrogens (tertiary/aromatic N) is 2. The van der Waals surface area contributed by atoms with E-state index in [4.69, 9.17) is 10.7 Å². The summed E-state index contributed by atoms with van der Waals surface area (Å²) in [6.45, 7) is 8.23. The second-order valence-corrected chi connectivity index (χ2v) is 8.10. The number of fused-ring (bicyclic) bond motifs is 1. The van der Waals surface area contributed by atoms with Crippen molar-refractivity contribution in [3.8, 4) is 0 Å². The molecular formula is C18H25N3OS. The maximum atomic E-state index is 12.8. The average Bonchev–Trinajstić information content (AvgIpc) is 2.82. The van der Waals surface area contributed by atoms with E-state index in [0.29, 0.717) is 22.4 Å². The summed E-state index contributed by atoms with van der Waals surface area (Å²) in [6.07, 6.45) is 3.22. The van der Waals surface area contributed by atoms with Gasteiger partial charge in [0, 0.05) is 24.2 Å². The Morgan fingerprint density at radius 1 is 1.48 bits per heavy atom. The van der Waals surface area contributed by atoms with Gasteiger partial charge in [-0.3, -0.25) is 4.79 Å². The largest absolute Gasteiger partial charge is 0.397 e. The van der Waals surface area contributed by atoms with E-state index < -0.39 is 0 Å². The molecule has 0 radical (unpaired) electrons. The van der Waals surface area contributed by atoms with E-state index >= 15 is 0 Å². The zero-order chi connectivity index (χ0) is 16.6. The van der Waals surface area contributed by atoms with E-state index in [1.165, 1.54) is 17.8 Å². The Morgan fingerprint density at radius 2 is 2.26 bits per heavy atom. The first-order chi connectivity index (χ1) is 11.0. The molecule has 1 unspecified atom stereocenters. The van der Waals surface area contributed by atoms with Crippen LogP contribution in [-0.2, 0) is 6.42 Å². The molecule has 5 heteroatoms. The van der Waals surface area contributed by atoms with E-state index in [9.17, 15) is 4.79 Å². The van der Waals surface area contributed by atoms with Crippen molar-refractivity contribution in [1.29, 1.82) is 0 Å². The minimum Gasteiger partial charge on any atom is -0.397 e. The van der Waals surface area contributed by atoms with Gasteiger partial charge in [-0.25, -0.2) is 4.98 Å². The average molecular weight is 331 g/mol. The molecule has 0 bridgehead atoms. The fourth-order valence-corrected chi connectivity index (χ4v) is 4.32. The van der Waals surface area contributed by atoms with Crippen LogP contribution in [0.1, 0.15) is 49.0 Å². The van der Waals surface area contributed by atoms with Crippen LogP contribution in [0.4, 0.5) is 5.69 Å². The summed E-state index contributed by atoms with van der Waals surface area (Å²) >= 11 is 1.44. The minimum absolute atomic E-state index is 0.0717. The molecular weight excluding hydrogens is 306 g/mol. The molecule has 4 nitrogen and oxygen atoms in total. The van der Waals surface area contributed by atoms with Crippen LogP contribution in [0.15, 0.2) is 12.1 Å². The summed E-state index contributed by atoms with van der Waals surface area (Å²) in [5, 5.41) is 0.913. The van der Waals surface area contributed by atoms with Gasteiger partial charge in [-0.05, 0) is 43.2 Å². The first-order valence-electron chi connectivity index (χ1n) is 8.43. The standard InChI is InChI=1S/C18H25N3OS/c1-11(2)9-13-6-7-14-15(19)16(23-17(14)20-13)18(22)21-8-4-5-12(3)10-21/h6-7,11-12H,4-5,8-10,19H2,1-3H3. The summed E-state index contributed by atoms with van der Waals surface area (Å²) < 4.78 is 0. The van der Waals surface area contributed by atoms with Crippen molar-refractivity contribution >= 4 is 33.1 Å². The van der Waals surface area contributed by atoms with Gasteiger partial charge in [-0.15, -0.1) is 11.3 Å². The molecule has 2 N–H and O–H groups in total. The zero-order valence-electron chi connectivity index (χ0n) is 14.1. The smallest absolute Gasteiger partial charge is 0.266 e. The van der Waals surface area contributed by atoms with Crippen LogP contribution >= 0.6 is 11.3 Å². The SMILES string of the molecule is CC(C)Cc1ccc2c(N)c(C(=O)N3CCCC(C)C3)sc2n1. The number of thiophene rings is 1. The zero-order valence-corrected chi connectivity index (χ0v) is 14.9. The van der Waals surface area contributed by atoms with Gasteiger partial charge in [-0.1, -0.05) is 20.8 Å². The first-order valence-corrected chi connectivity index (χ1v) is 9.24. The molecule has 3 rings (SSSR count). The van der Waals surface area contributed by atoms with Crippen LogP contribution in [0.2, 0.25) is 0 Å². The van der Waals surface area contributed by atoms with Gasteiger partial charge >= 0.3 is 0 Å². The summed E-state index contributed by atoms with van der Waals surface area (Å²) in [6, 6.07) is 4.05. The number of nitrogens with two attached hydrogens (primary N) is 1. The first kappa shape index (κ1) is 16.2. The molecule has 0 saturated carbocycles. The van der Waals surface area contributed by atoms with Crippen molar-refractivity contribution < 1.29 is 4.79 Å². The third-order valence-corrected chi connectivity index (χ3v) is 5.51. The van der Waals surface area contributed by atoms with Crippen molar-refractivity contribution in [3.63, 3.8) is 0 Å². The number of pyridine rings is 1. The molecule has 1 aliphatic rings. The van der Waals surface area contributed by atoms with Crippen LogP contribution in [0, 0.1) is 11.8 Å². The van der Waals surface area contributed by atoms with Gasteiger partial charge in [0.2, 0.25) is 0 Å². The Bertz CT molecular complexity index is 722. The Hall–Kier alpha value is -1.62. The number of hydrogen-bond acceptors (Lipinski definition) is 4. The highest BCUT2D eigenvalue weighted by atomic mass is 32.1. The molecule has 1 amide bonds. The number of hydrogen-bond donors (Lipinski definition) is 1. The lowest BCUT2D eigenvalue weighted by molar-refractivity contribution is 0.0689. The Balaban J connectivity index is 1.91. The lowest BCUT2D eigenvalue weighted by atomic mass is 10.00. The monoisotopic (exact) mass is 331 g/mol. The quantitative estimate of drug-likeness (QED) is 0.926. The number of carbonyl (C=O) groups excluding carboxylic acids is 1. The number of rotatable bonds is 3. The van der Waals surface area contributed by atoms with E-state index in [0.717, 1.165) is 41.8 Å². The molecule has 0 aliphatic carbocycles. The molecule has 1 saturated heterocycles. The number of carbonyl (C=O) groups is 1. The summed E-state index contributed by atoms with van der Waals surface area (Å²) in [5.41, 5.74) is 7.92. The van der Waals surface area contributed by atoms with Crippen molar-refractivity contribution in [2.75, 3.05) is 18.8 Å². The highest BCUT2D eigenvalue weighted by molar-refractivity contribution is 7.21. The van der Waals surface area contributed by atoms with E-state index in [-0.39, 0.29) is 5.91 Å². The fourth-order valence-electron chi connectivity index (χ4n) is 3.24. The van der Waals surface area contributed by atoms with Gasteiger partial charge in [0.15, 0.2) is 0 Å². The number of piperidine rings is 1. The molecule has 1 atom stereocenters. The van der Waals surface area contributed by atoms with E-state index in [1.54, 1.807) is 0 Å². The van der Waals surface area contributed by atoms with Gasteiger partial charge in [-0.2, -0.15) is 0 Å². The van der Waals surface area contributed by atoms with Crippen LogP contribution < -0.4 is 5.73 Å². The molecule has 2 aromatic heterocycles. The van der Waals surface area contributed by atoms with Gasteiger partial charge in [0.1, 0.15) is 9.71 Å². The molecule has 3 heterocycles. The molecule has 0 aromatic carbocycles. The van der Waals surface area contributed by atoms with Crippen LogP contribution in [-0.4, -0.2) is 28.9 Å². The normalized spacial score (nSPS) is 18.8. The third kappa shape index (κ3) is 3.34. The summed E-state index contributed by atoms with van der Waals surface area (Å²) in [4.78, 5) is 21.0. The molecule has 1 aliphatic heterocycles. The Kier molecular flexibility index (Phi) is 4.57. The lowest BCUT2D eigenvalue weighted by Gasteiger charge is -2.30. The lowest BCUT2D eigenvalue weighted by Crippen LogP contribution is -2.38. The predicted molar refractivity (Wildman–Crippen MR) is 96.9 cm³/mol. The van der Waals surface area contributed by atoms with Crippen LogP contribution in [0.25, 0.3) is 10.2 Å². The molecule has 124 valence electrons. The van der Waals surface area contributed by atoms with Crippen LogP contribution in [0.5, 0.6) is 0 Å². The van der Waals surface area contributed by atoms with E-state index in [1.807, 2.05) is 17.0 Å². The summed E-state index contributed by atoms with van der Waals surface area (Å²) in [7, 11) is 0. The molecule has 23 heavy (non-hydrogen) atoms.